The molecule has 2 unspecified atom stereocenters. The number of likely N-dealkylation sites (N-methyl/N-ethyl adjacent to an activating group) is 1. The number of halogens is 1. The van der Waals surface area contributed by atoms with Crippen molar-refractivity contribution in [2.24, 2.45) is 0 Å². The summed E-state index contributed by atoms with van der Waals surface area (Å²) in [5, 5.41) is 4.39. The predicted octanol–water partition coefficient (Wildman–Crippen LogP) is 3.55. The van der Waals surface area contributed by atoms with Crippen LogP contribution in [-0.2, 0) is 6.54 Å². The lowest BCUT2D eigenvalue weighted by atomic mass is 10.2. The van der Waals surface area contributed by atoms with E-state index in [1.54, 1.807) is 0 Å². The van der Waals surface area contributed by atoms with Gasteiger partial charge in [0, 0.05) is 30.2 Å². The first-order valence-electron chi connectivity index (χ1n) is 6.71. The molecular formula is C15H25ClN2. The molecule has 1 aromatic rings. The molecule has 1 rings (SSSR count). The third-order valence-electron chi connectivity index (χ3n) is 3.50. The highest BCUT2D eigenvalue weighted by atomic mass is 35.5. The van der Waals surface area contributed by atoms with Crippen molar-refractivity contribution in [2.75, 3.05) is 13.6 Å². The molecule has 102 valence electrons. The summed E-state index contributed by atoms with van der Waals surface area (Å²) in [6.45, 7) is 8.57. The van der Waals surface area contributed by atoms with Crippen molar-refractivity contribution in [1.82, 2.24) is 10.2 Å². The van der Waals surface area contributed by atoms with Crippen molar-refractivity contribution < 1.29 is 0 Å². The average molecular weight is 269 g/mol. The molecule has 0 fully saturated rings. The van der Waals surface area contributed by atoms with Crippen LogP contribution in [0.4, 0.5) is 0 Å². The van der Waals surface area contributed by atoms with Crippen LogP contribution in [0.5, 0.6) is 0 Å². The van der Waals surface area contributed by atoms with E-state index in [-0.39, 0.29) is 0 Å². The number of rotatable bonds is 7. The van der Waals surface area contributed by atoms with Crippen LogP contribution in [0.15, 0.2) is 24.3 Å². The van der Waals surface area contributed by atoms with Crippen LogP contribution < -0.4 is 5.32 Å². The minimum atomic E-state index is 0.496. The van der Waals surface area contributed by atoms with Gasteiger partial charge in [-0.2, -0.15) is 0 Å². The van der Waals surface area contributed by atoms with E-state index in [1.165, 1.54) is 12.0 Å². The molecule has 0 radical (unpaired) electrons. The number of hydrogen-bond acceptors (Lipinski definition) is 2. The highest BCUT2D eigenvalue weighted by Crippen LogP contribution is 2.17. The van der Waals surface area contributed by atoms with Crippen LogP contribution in [-0.4, -0.2) is 30.6 Å². The van der Waals surface area contributed by atoms with E-state index in [1.807, 2.05) is 18.2 Å². The molecule has 0 saturated heterocycles. The normalized spacial score (nSPS) is 14.8. The second-order valence-electron chi connectivity index (χ2n) is 5.07. The molecule has 0 aliphatic heterocycles. The van der Waals surface area contributed by atoms with E-state index in [0.717, 1.165) is 18.1 Å². The van der Waals surface area contributed by atoms with Crippen molar-refractivity contribution in [3.63, 3.8) is 0 Å². The molecule has 2 nitrogen and oxygen atoms in total. The molecule has 2 atom stereocenters. The molecule has 0 bridgehead atoms. The summed E-state index contributed by atoms with van der Waals surface area (Å²) in [6.07, 6.45) is 1.17. The predicted molar refractivity (Wildman–Crippen MR) is 80.1 cm³/mol. The molecule has 0 aliphatic rings. The first-order valence-corrected chi connectivity index (χ1v) is 7.09. The number of nitrogens with zero attached hydrogens (tertiary/aromatic N) is 1. The lowest BCUT2D eigenvalue weighted by molar-refractivity contribution is 0.237. The standard InChI is InChI=1S/C15H25ClN2/c1-5-12(2)17-10-13(3)18(4)11-14-8-6-7-9-15(14)16/h6-9,12-13,17H,5,10-11H2,1-4H3. The zero-order chi connectivity index (χ0) is 13.5. The van der Waals surface area contributed by atoms with Crippen molar-refractivity contribution in [3.05, 3.63) is 34.9 Å². The van der Waals surface area contributed by atoms with Gasteiger partial charge >= 0.3 is 0 Å². The minimum Gasteiger partial charge on any atom is -0.313 e. The van der Waals surface area contributed by atoms with E-state index < -0.39 is 0 Å². The quantitative estimate of drug-likeness (QED) is 0.814. The highest BCUT2D eigenvalue weighted by molar-refractivity contribution is 6.31. The molecule has 0 aromatic heterocycles. The van der Waals surface area contributed by atoms with Crippen molar-refractivity contribution in [2.45, 2.75) is 45.8 Å². The van der Waals surface area contributed by atoms with Crippen molar-refractivity contribution >= 4 is 11.6 Å². The maximum atomic E-state index is 6.18. The van der Waals surface area contributed by atoms with Gasteiger partial charge in [-0.25, -0.2) is 0 Å². The zero-order valence-corrected chi connectivity index (χ0v) is 12.7. The summed E-state index contributed by atoms with van der Waals surface area (Å²) < 4.78 is 0. The van der Waals surface area contributed by atoms with Crippen LogP contribution in [0.25, 0.3) is 0 Å². The smallest absolute Gasteiger partial charge is 0.0451 e. The van der Waals surface area contributed by atoms with Gasteiger partial charge in [0.2, 0.25) is 0 Å². The van der Waals surface area contributed by atoms with Crippen LogP contribution in [0.3, 0.4) is 0 Å². The van der Waals surface area contributed by atoms with Gasteiger partial charge in [0.15, 0.2) is 0 Å². The van der Waals surface area contributed by atoms with E-state index in [2.05, 4.69) is 44.1 Å². The van der Waals surface area contributed by atoms with Gasteiger partial charge in [-0.15, -0.1) is 0 Å². The zero-order valence-electron chi connectivity index (χ0n) is 11.9. The van der Waals surface area contributed by atoms with Crippen LogP contribution >= 0.6 is 11.6 Å². The fraction of sp³-hybridized carbons (Fsp3) is 0.600. The Morgan fingerprint density at radius 1 is 1.28 bits per heavy atom. The summed E-state index contributed by atoms with van der Waals surface area (Å²) in [4.78, 5) is 2.33. The van der Waals surface area contributed by atoms with Gasteiger partial charge in [-0.3, -0.25) is 4.90 Å². The van der Waals surface area contributed by atoms with E-state index in [9.17, 15) is 0 Å². The van der Waals surface area contributed by atoms with E-state index in [4.69, 9.17) is 11.6 Å². The maximum absolute atomic E-state index is 6.18. The van der Waals surface area contributed by atoms with Crippen molar-refractivity contribution in [3.8, 4) is 0 Å². The Morgan fingerprint density at radius 2 is 1.94 bits per heavy atom. The summed E-state index contributed by atoms with van der Waals surface area (Å²) >= 11 is 6.18. The second kappa shape index (κ2) is 7.78. The lowest BCUT2D eigenvalue weighted by Crippen LogP contribution is -2.40. The van der Waals surface area contributed by atoms with E-state index in [0.29, 0.717) is 12.1 Å². The summed E-state index contributed by atoms with van der Waals surface area (Å²) in [7, 11) is 2.15. The molecular weight excluding hydrogens is 244 g/mol. The molecule has 1 aromatic carbocycles. The monoisotopic (exact) mass is 268 g/mol. The summed E-state index contributed by atoms with van der Waals surface area (Å²) in [6, 6.07) is 9.13. The SMILES string of the molecule is CCC(C)NCC(C)N(C)Cc1ccccc1Cl. The van der Waals surface area contributed by atoms with Gasteiger partial charge in [0.1, 0.15) is 0 Å². The largest absolute Gasteiger partial charge is 0.313 e. The summed E-state index contributed by atoms with van der Waals surface area (Å²) in [5.74, 6) is 0. The number of benzene rings is 1. The molecule has 0 spiro atoms. The Labute approximate surface area is 116 Å². The van der Waals surface area contributed by atoms with Crippen molar-refractivity contribution in [1.29, 1.82) is 0 Å². The topological polar surface area (TPSA) is 15.3 Å². The van der Waals surface area contributed by atoms with E-state index >= 15 is 0 Å². The fourth-order valence-corrected chi connectivity index (χ4v) is 1.92. The molecule has 0 heterocycles. The Kier molecular flexibility index (Phi) is 6.69. The summed E-state index contributed by atoms with van der Waals surface area (Å²) in [5.41, 5.74) is 1.19. The van der Waals surface area contributed by atoms with Crippen LogP contribution in [0, 0.1) is 0 Å². The fourth-order valence-electron chi connectivity index (χ4n) is 1.72. The molecule has 1 N–H and O–H groups in total. The third kappa shape index (κ3) is 4.97. The number of nitrogens with one attached hydrogen (secondary N) is 1. The number of hydrogen-bond donors (Lipinski definition) is 1. The molecule has 0 amide bonds. The molecule has 3 heteroatoms. The van der Waals surface area contributed by atoms with Gasteiger partial charge < -0.3 is 5.32 Å². The van der Waals surface area contributed by atoms with Gasteiger partial charge in [-0.05, 0) is 38.9 Å². The van der Waals surface area contributed by atoms with Crippen LogP contribution in [0.1, 0.15) is 32.8 Å². The minimum absolute atomic E-state index is 0.496. The molecule has 0 aliphatic carbocycles. The van der Waals surface area contributed by atoms with Gasteiger partial charge in [0.05, 0.1) is 0 Å². The molecule has 0 saturated carbocycles. The van der Waals surface area contributed by atoms with Gasteiger partial charge in [-0.1, -0.05) is 36.7 Å². The Hall–Kier alpha value is -0.570. The first-order chi connectivity index (χ1) is 8.54. The van der Waals surface area contributed by atoms with Crippen LogP contribution in [0.2, 0.25) is 5.02 Å². The molecule has 18 heavy (non-hydrogen) atoms. The lowest BCUT2D eigenvalue weighted by Gasteiger charge is -2.26. The average Bonchev–Trinajstić information content (AvgIpc) is 2.38. The second-order valence-corrected chi connectivity index (χ2v) is 5.48. The highest BCUT2D eigenvalue weighted by Gasteiger charge is 2.11. The first kappa shape index (κ1) is 15.5. The Bertz CT molecular complexity index is 354. The Balaban J connectivity index is 2.45. The van der Waals surface area contributed by atoms with Gasteiger partial charge in [0.25, 0.3) is 0 Å². The third-order valence-corrected chi connectivity index (χ3v) is 3.87. The Morgan fingerprint density at radius 3 is 2.56 bits per heavy atom. The maximum Gasteiger partial charge on any atom is 0.0451 e.